The second-order valence-electron chi connectivity index (χ2n) is 8.85. The molecule has 2 atom stereocenters. The van der Waals surface area contributed by atoms with Gasteiger partial charge in [-0.3, -0.25) is 9.90 Å². The third-order valence-electron chi connectivity index (χ3n) is 6.57. The van der Waals surface area contributed by atoms with E-state index in [-0.39, 0.29) is 6.10 Å². The van der Waals surface area contributed by atoms with Crippen molar-refractivity contribution in [2.75, 3.05) is 19.1 Å². The summed E-state index contributed by atoms with van der Waals surface area (Å²) < 4.78 is 8.12. The minimum atomic E-state index is -0.933. The first-order valence-corrected chi connectivity index (χ1v) is 13.4. The molecule has 36 heavy (non-hydrogen) atoms. The Kier molecular flexibility index (Phi) is 6.43. The quantitative estimate of drug-likeness (QED) is 0.375. The van der Waals surface area contributed by atoms with Gasteiger partial charge in [0, 0.05) is 30.5 Å². The van der Waals surface area contributed by atoms with Gasteiger partial charge in [-0.1, -0.05) is 30.3 Å². The summed E-state index contributed by atoms with van der Waals surface area (Å²) in [5.41, 5.74) is 3.82. The van der Waals surface area contributed by atoms with E-state index in [9.17, 15) is 0 Å². The third-order valence-corrected chi connectivity index (χ3v) is 7.91. The summed E-state index contributed by atoms with van der Waals surface area (Å²) in [6, 6.07) is 10.2. The number of fused-ring (bicyclic) bond motifs is 1. The van der Waals surface area contributed by atoms with Crippen LogP contribution < -0.4 is 0 Å². The van der Waals surface area contributed by atoms with Crippen molar-refractivity contribution in [1.82, 2.24) is 19.8 Å². The van der Waals surface area contributed by atoms with Gasteiger partial charge in [-0.2, -0.15) is 5.10 Å². The zero-order valence-electron chi connectivity index (χ0n) is 19.9. The number of nitrogens with zero attached hydrogens (tertiary/aromatic N) is 7. The van der Waals surface area contributed by atoms with Gasteiger partial charge in [-0.25, -0.2) is 14.7 Å². The summed E-state index contributed by atoms with van der Waals surface area (Å²) in [7, 11) is 0. The molecule has 1 fully saturated rings. The van der Waals surface area contributed by atoms with E-state index in [0.29, 0.717) is 25.6 Å². The molecule has 11 heteroatoms. The minimum absolute atomic E-state index is 0.186. The second kappa shape index (κ2) is 9.85. The molecule has 2 unspecified atom stereocenters. The number of halogens is 1. The molecule has 1 aromatic carbocycles. The summed E-state index contributed by atoms with van der Waals surface area (Å²) in [6.45, 7) is 3.67. The summed E-state index contributed by atoms with van der Waals surface area (Å²) >= 11 is 7.42. The van der Waals surface area contributed by atoms with Crippen LogP contribution in [0.3, 0.4) is 0 Å². The minimum Gasteiger partial charge on any atom is -0.373 e. The van der Waals surface area contributed by atoms with Gasteiger partial charge in [-0.15, -0.1) is 33.2 Å². The normalized spacial score (nSPS) is 22.9. The van der Waals surface area contributed by atoms with Crippen molar-refractivity contribution in [2.45, 2.75) is 44.5 Å². The highest BCUT2D eigenvalue weighted by Crippen LogP contribution is 2.49. The predicted molar refractivity (Wildman–Crippen MR) is 140 cm³/mol. The highest BCUT2D eigenvalue weighted by Gasteiger charge is 2.48. The number of alkyl halides is 1. The van der Waals surface area contributed by atoms with Gasteiger partial charge < -0.3 is 4.74 Å². The van der Waals surface area contributed by atoms with Crippen LogP contribution in [0.15, 0.2) is 51.8 Å². The van der Waals surface area contributed by atoms with Crippen LogP contribution in [0.25, 0.3) is 28.0 Å². The first-order chi connectivity index (χ1) is 17.7. The molecule has 5 heterocycles. The van der Waals surface area contributed by atoms with Crippen LogP contribution in [0.2, 0.25) is 0 Å². The van der Waals surface area contributed by atoms with Gasteiger partial charge in [0.25, 0.3) is 0 Å². The molecule has 186 valence electrons. The lowest BCUT2D eigenvalue weighted by molar-refractivity contribution is -0.123. The number of rotatable bonds is 7. The van der Waals surface area contributed by atoms with Gasteiger partial charge in [0.05, 0.1) is 40.7 Å². The Labute approximate surface area is 218 Å². The largest absolute Gasteiger partial charge is 0.373 e. The van der Waals surface area contributed by atoms with Gasteiger partial charge >= 0.3 is 0 Å². The first-order valence-electron chi connectivity index (χ1n) is 12.1. The van der Waals surface area contributed by atoms with E-state index in [1.165, 1.54) is 6.34 Å². The number of azo groups is 1. The molecule has 6 rings (SSSR count). The number of aromatic nitrogens is 3. The molecule has 0 bridgehead atoms. The Bertz CT molecular complexity index is 1320. The number of hydrogen-bond acceptors (Lipinski definition) is 9. The van der Waals surface area contributed by atoms with E-state index >= 15 is 0 Å². The van der Waals surface area contributed by atoms with E-state index in [0.717, 1.165) is 57.4 Å². The third kappa shape index (κ3) is 4.07. The Morgan fingerprint density at radius 2 is 2.11 bits per heavy atom. The average Bonchev–Trinajstić information content (AvgIpc) is 3.65. The maximum Gasteiger partial charge on any atom is 0.234 e. The van der Waals surface area contributed by atoms with Crippen molar-refractivity contribution in [1.29, 1.82) is 0 Å². The second-order valence-corrected chi connectivity index (χ2v) is 10.2. The van der Waals surface area contributed by atoms with Gasteiger partial charge in [-0.05, 0) is 26.2 Å². The number of thiazole rings is 1. The van der Waals surface area contributed by atoms with Crippen LogP contribution >= 0.6 is 22.9 Å². The highest BCUT2D eigenvalue weighted by atomic mass is 35.5. The summed E-state index contributed by atoms with van der Waals surface area (Å²) in [5.74, 6) is 0.423. The van der Waals surface area contributed by atoms with Crippen molar-refractivity contribution < 1.29 is 9.57 Å². The first kappa shape index (κ1) is 23.5. The van der Waals surface area contributed by atoms with Gasteiger partial charge in [0.2, 0.25) is 5.66 Å². The zero-order valence-corrected chi connectivity index (χ0v) is 21.5. The standard InChI is InChI=1S/C25H26ClN7O2S/c1-17-21(19-15-32(35-14-10-26)11-12-33(19)30-17)24-29-22(18-7-3-2-4-8-18)23(36-24)25(27-16-28-31-25)20-9-5-6-13-34-20/h2-4,7-8,11-12,16,20H,5-6,9-10,13-15H2,1H3. The molecular formula is C25H26ClN7O2S. The van der Waals surface area contributed by atoms with E-state index in [1.54, 1.807) is 16.4 Å². The summed E-state index contributed by atoms with van der Waals surface area (Å²) in [5, 5.41) is 16.3. The molecule has 0 aliphatic carbocycles. The van der Waals surface area contributed by atoms with E-state index < -0.39 is 5.66 Å². The maximum absolute atomic E-state index is 6.23. The lowest BCUT2D eigenvalue weighted by Gasteiger charge is -2.33. The zero-order chi connectivity index (χ0) is 24.5. The molecule has 0 spiro atoms. The molecule has 0 radical (unpaired) electrons. The summed E-state index contributed by atoms with van der Waals surface area (Å²) in [4.78, 5) is 16.7. The average molecular weight is 524 g/mol. The smallest absolute Gasteiger partial charge is 0.234 e. The fourth-order valence-electron chi connectivity index (χ4n) is 4.90. The van der Waals surface area contributed by atoms with Crippen LogP contribution in [0.4, 0.5) is 0 Å². The summed E-state index contributed by atoms with van der Waals surface area (Å²) in [6.07, 6.45) is 8.10. The lowest BCUT2D eigenvalue weighted by atomic mass is 9.93. The van der Waals surface area contributed by atoms with Crippen molar-refractivity contribution in [3.8, 4) is 21.8 Å². The fourth-order valence-corrected chi connectivity index (χ4v) is 6.31. The molecule has 3 aliphatic rings. The topological polar surface area (TPSA) is 89.5 Å². The molecule has 3 aliphatic heterocycles. The van der Waals surface area contributed by atoms with Crippen molar-refractivity contribution in [3.05, 3.63) is 52.8 Å². The molecular weight excluding hydrogens is 498 g/mol. The Morgan fingerprint density at radius 1 is 1.22 bits per heavy atom. The van der Waals surface area contributed by atoms with E-state index in [4.69, 9.17) is 36.3 Å². The Hall–Kier alpha value is -2.92. The molecule has 1 saturated heterocycles. The van der Waals surface area contributed by atoms with E-state index in [1.807, 2.05) is 42.2 Å². The molecule has 9 nitrogen and oxygen atoms in total. The Balaban J connectivity index is 1.49. The van der Waals surface area contributed by atoms with Crippen LogP contribution in [-0.2, 0) is 21.8 Å². The van der Waals surface area contributed by atoms with Crippen molar-refractivity contribution in [2.24, 2.45) is 15.2 Å². The van der Waals surface area contributed by atoms with Gasteiger partial charge in [0.15, 0.2) is 0 Å². The molecule has 3 aromatic rings. The molecule has 0 saturated carbocycles. The predicted octanol–water partition coefficient (Wildman–Crippen LogP) is 5.61. The van der Waals surface area contributed by atoms with Crippen LogP contribution in [0.5, 0.6) is 0 Å². The highest BCUT2D eigenvalue weighted by molar-refractivity contribution is 7.15. The Morgan fingerprint density at radius 3 is 2.86 bits per heavy atom. The van der Waals surface area contributed by atoms with Crippen molar-refractivity contribution >= 4 is 35.5 Å². The molecule has 2 aromatic heterocycles. The number of aryl methyl sites for hydroxylation is 1. The number of ether oxygens (including phenoxy) is 1. The molecule has 0 N–H and O–H groups in total. The van der Waals surface area contributed by atoms with Crippen LogP contribution in [0, 0.1) is 6.92 Å². The van der Waals surface area contributed by atoms with Gasteiger partial charge in [0.1, 0.15) is 17.5 Å². The SMILES string of the molecule is Cc1nn2c(c1-c1nc(-c3ccccc3)c(C3(C4CCCCO4)N=CN=N3)s1)CN(OCCCl)C=C2. The molecule has 0 amide bonds. The fraction of sp³-hybridized carbons (Fsp3) is 0.400. The number of benzene rings is 1. The van der Waals surface area contributed by atoms with Crippen LogP contribution in [-0.4, -0.2) is 51.4 Å². The van der Waals surface area contributed by atoms with Crippen molar-refractivity contribution in [3.63, 3.8) is 0 Å². The maximum atomic E-state index is 6.23. The van der Waals surface area contributed by atoms with E-state index in [2.05, 4.69) is 22.4 Å². The lowest BCUT2D eigenvalue weighted by Crippen LogP contribution is -2.39. The van der Waals surface area contributed by atoms with Crippen LogP contribution in [0.1, 0.15) is 35.5 Å². The number of hydroxylamine groups is 2. The monoisotopic (exact) mass is 523 g/mol. The number of hydrogen-bond donors (Lipinski definition) is 0. The number of aliphatic imine (C=N–C) groups is 1.